The molecule has 0 fully saturated rings. The number of hydrogen-bond acceptors (Lipinski definition) is 1. The first-order valence-electron chi connectivity index (χ1n) is 8.03. The van der Waals surface area contributed by atoms with E-state index < -0.39 is 0 Å². The van der Waals surface area contributed by atoms with Gasteiger partial charge in [0.25, 0.3) is 0 Å². The van der Waals surface area contributed by atoms with E-state index in [-0.39, 0.29) is 11.3 Å². The van der Waals surface area contributed by atoms with Crippen molar-refractivity contribution in [2.75, 3.05) is 0 Å². The molecule has 0 aliphatic rings. The highest BCUT2D eigenvalue weighted by Gasteiger charge is 2.37. The van der Waals surface area contributed by atoms with Crippen molar-refractivity contribution < 1.29 is 5.11 Å². The monoisotopic (exact) mass is 302 g/mol. The first kappa shape index (κ1) is 15.4. The minimum Gasteiger partial charge on any atom is -0.508 e. The third-order valence-corrected chi connectivity index (χ3v) is 5.00. The summed E-state index contributed by atoms with van der Waals surface area (Å²) in [6, 6.07) is 28.6. The Labute approximate surface area is 138 Å². The maximum atomic E-state index is 10.5. The topological polar surface area (TPSA) is 20.2 Å². The Morgan fingerprint density at radius 2 is 1.26 bits per heavy atom. The maximum Gasteiger partial charge on any atom is 0.119 e. The van der Waals surface area contributed by atoms with Gasteiger partial charge in [0, 0.05) is 11.0 Å². The first-order valence-corrected chi connectivity index (χ1v) is 8.03. The van der Waals surface area contributed by atoms with Crippen LogP contribution in [0.2, 0.25) is 0 Å². The van der Waals surface area contributed by atoms with E-state index in [1.54, 1.807) is 6.07 Å². The Bertz CT molecular complexity index is 764. The SMILES string of the molecule is CC(c1ccccc1)C(C)(c1ccccc1)c1ccccc1O. The van der Waals surface area contributed by atoms with Gasteiger partial charge in [-0.05, 0) is 23.1 Å². The molecule has 0 aliphatic carbocycles. The molecule has 0 aliphatic heterocycles. The molecule has 0 saturated carbocycles. The van der Waals surface area contributed by atoms with Gasteiger partial charge in [-0.3, -0.25) is 0 Å². The number of rotatable bonds is 4. The van der Waals surface area contributed by atoms with Crippen molar-refractivity contribution in [1.29, 1.82) is 0 Å². The lowest BCUT2D eigenvalue weighted by atomic mass is 9.65. The summed E-state index contributed by atoms with van der Waals surface area (Å²) in [5.74, 6) is 0.570. The zero-order valence-corrected chi connectivity index (χ0v) is 13.6. The van der Waals surface area contributed by atoms with Gasteiger partial charge < -0.3 is 5.11 Å². The summed E-state index contributed by atoms with van der Waals surface area (Å²) in [7, 11) is 0. The van der Waals surface area contributed by atoms with E-state index in [1.165, 1.54) is 11.1 Å². The highest BCUT2D eigenvalue weighted by Crippen LogP contribution is 2.46. The summed E-state index contributed by atoms with van der Waals surface area (Å²) < 4.78 is 0. The normalized spacial score (nSPS) is 14.9. The number of phenols is 1. The molecular formula is C22H22O. The van der Waals surface area contributed by atoms with E-state index in [9.17, 15) is 5.11 Å². The molecule has 1 N–H and O–H groups in total. The molecule has 3 aromatic carbocycles. The number of aromatic hydroxyl groups is 1. The predicted octanol–water partition coefficient (Wildman–Crippen LogP) is 5.50. The average molecular weight is 302 g/mol. The van der Waals surface area contributed by atoms with Crippen molar-refractivity contribution in [3.63, 3.8) is 0 Å². The van der Waals surface area contributed by atoms with Crippen LogP contribution in [0.15, 0.2) is 84.9 Å². The van der Waals surface area contributed by atoms with Crippen LogP contribution in [0.5, 0.6) is 5.75 Å². The van der Waals surface area contributed by atoms with Crippen molar-refractivity contribution in [2.24, 2.45) is 0 Å². The molecule has 0 amide bonds. The number of para-hydroxylation sites is 1. The second kappa shape index (κ2) is 6.29. The quantitative estimate of drug-likeness (QED) is 0.674. The third kappa shape index (κ3) is 2.75. The van der Waals surface area contributed by atoms with Crippen LogP contribution in [0.3, 0.4) is 0 Å². The summed E-state index contributed by atoms with van der Waals surface area (Å²) in [6.07, 6.45) is 0. The molecule has 0 radical (unpaired) electrons. The van der Waals surface area contributed by atoms with Crippen LogP contribution >= 0.6 is 0 Å². The maximum absolute atomic E-state index is 10.5. The third-order valence-electron chi connectivity index (χ3n) is 5.00. The second-order valence-electron chi connectivity index (χ2n) is 6.22. The van der Waals surface area contributed by atoms with Crippen molar-refractivity contribution in [3.05, 3.63) is 102 Å². The molecule has 0 heterocycles. The van der Waals surface area contributed by atoms with Gasteiger partial charge in [-0.1, -0.05) is 92.7 Å². The fraction of sp³-hybridized carbons (Fsp3) is 0.182. The van der Waals surface area contributed by atoms with Crippen LogP contribution in [-0.4, -0.2) is 5.11 Å². The van der Waals surface area contributed by atoms with E-state index in [0.29, 0.717) is 5.75 Å². The van der Waals surface area contributed by atoms with E-state index in [2.05, 4.69) is 62.4 Å². The van der Waals surface area contributed by atoms with Crippen LogP contribution < -0.4 is 0 Å². The van der Waals surface area contributed by atoms with Crippen LogP contribution in [0, 0.1) is 0 Å². The largest absolute Gasteiger partial charge is 0.508 e. The molecule has 1 heteroatoms. The number of benzene rings is 3. The van der Waals surface area contributed by atoms with Gasteiger partial charge in [-0.15, -0.1) is 0 Å². The Morgan fingerprint density at radius 1 is 0.739 bits per heavy atom. The molecule has 3 aromatic rings. The zero-order chi connectivity index (χ0) is 16.3. The zero-order valence-electron chi connectivity index (χ0n) is 13.6. The lowest BCUT2D eigenvalue weighted by Crippen LogP contribution is -2.30. The van der Waals surface area contributed by atoms with Gasteiger partial charge in [-0.2, -0.15) is 0 Å². The van der Waals surface area contributed by atoms with Crippen molar-refractivity contribution in [3.8, 4) is 5.75 Å². The van der Waals surface area contributed by atoms with Crippen LogP contribution in [0.4, 0.5) is 0 Å². The van der Waals surface area contributed by atoms with E-state index in [1.807, 2.05) is 30.3 Å². The molecule has 0 aromatic heterocycles. The smallest absolute Gasteiger partial charge is 0.119 e. The molecule has 2 atom stereocenters. The Kier molecular flexibility index (Phi) is 4.20. The molecule has 3 rings (SSSR count). The van der Waals surface area contributed by atoms with Gasteiger partial charge >= 0.3 is 0 Å². The minimum atomic E-state index is -0.312. The van der Waals surface area contributed by atoms with E-state index in [4.69, 9.17) is 0 Å². The van der Waals surface area contributed by atoms with Gasteiger partial charge in [0.15, 0.2) is 0 Å². The lowest BCUT2D eigenvalue weighted by Gasteiger charge is -2.38. The number of hydrogen-bond donors (Lipinski definition) is 1. The Balaban J connectivity index is 2.21. The summed E-state index contributed by atoms with van der Waals surface area (Å²) in [4.78, 5) is 0. The van der Waals surface area contributed by atoms with Gasteiger partial charge in [0.2, 0.25) is 0 Å². The highest BCUT2D eigenvalue weighted by molar-refractivity contribution is 5.49. The Hall–Kier alpha value is -2.54. The Morgan fingerprint density at radius 3 is 1.87 bits per heavy atom. The van der Waals surface area contributed by atoms with Gasteiger partial charge in [0.05, 0.1) is 0 Å². The van der Waals surface area contributed by atoms with Gasteiger partial charge in [-0.25, -0.2) is 0 Å². The highest BCUT2D eigenvalue weighted by atomic mass is 16.3. The molecule has 116 valence electrons. The first-order chi connectivity index (χ1) is 11.1. The fourth-order valence-electron chi connectivity index (χ4n) is 3.41. The molecule has 1 nitrogen and oxygen atoms in total. The van der Waals surface area contributed by atoms with Crippen molar-refractivity contribution >= 4 is 0 Å². The molecule has 0 spiro atoms. The average Bonchev–Trinajstić information content (AvgIpc) is 2.62. The van der Waals surface area contributed by atoms with Gasteiger partial charge in [0.1, 0.15) is 5.75 Å². The van der Waals surface area contributed by atoms with Crippen molar-refractivity contribution in [1.82, 2.24) is 0 Å². The molecular weight excluding hydrogens is 280 g/mol. The molecule has 2 unspecified atom stereocenters. The summed E-state index contributed by atoms with van der Waals surface area (Å²) in [5.41, 5.74) is 3.12. The van der Waals surface area contributed by atoms with Crippen LogP contribution in [0.1, 0.15) is 36.5 Å². The van der Waals surface area contributed by atoms with Crippen LogP contribution in [-0.2, 0) is 5.41 Å². The van der Waals surface area contributed by atoms with Crippen LogP contribution in [0.25, 0.3) is 0 Å². The van der Waals surface area contributed by atoms with E-state index >= 15 is 0 Å². The molecule has 0 saturated heterocycles. The summed E-state index contributed by atoms with van der Waals surface area (Å²) in [5, 5.41) is 10.5. The number of phenolic OH excluding ortho intramolecular Hbond substituents is 1. The lowest BCUT2D eigenvalue weighted by molar-refractivity contribution is 0.418. The second-order valence-corrected chi connectivity index (χ2v) is 6.22. The van der Waals surface area contributed by atoms with E-state index in [0.717, 1.165) is 5.56 Å². The molecule has 23 heavy (non-hydrogen) atoms. The summed E-state index contributed by atoms with van der Waals surface area (Å²) in [6.45, 7) is 4.45. The predicted molar refractivity (Wildman–Crippen MR) is 95.9 cm³/mol. The van der Waals surface area contributed by atoms with Crippen molar-refractivity contribution in [2.45, 2.75) is 25.2 Å². The molecule has 0 bridgehead atoms. The standard InChI is InChI=1S/C22H22O/c1-17(18-11-5-3-6-12-18)22(2,19-13-7-4-8-14-19)20-15-9-10-16-21(20)23/h3-17,23H,1-2H3. The summed E-state index contributed by atoms with van der Waals surface area (Å²) >= 11 is 0. The fourth-order valence-corrected chi connectivity index (χ4v) is 3.41. The minimum absolute atomic E-state index is 0.222.